The summed E-state index contributed by atoms with van der Waals surface area (Å²) in [5, 5.41) is 31.9. The average Bonchev–Trinajstić information content (AvgIpc) is 3.77. The Labute approximate surface area is 285 Å². The smallest absolute Gasteiger partial charge is 0.410 e. The zero-order valence-corrected chi connectivity index (χ0v) is 30.0. The first-order valence-electron chi connectivity index (χ1n) is 17.3. The van der Waals surface area contributed by atoms with Crippen molar-refractivity contribution in [2.24, 2.45) is 11.8 Å². The maximum atomic E-state index is 13.3. The standard InChI is InChI=1S/C36H58N2O10/c1-9-28(41)25(4)33-29(45-33)22-35(6,44)15-10-11-23(2)32-24(3)12-13-30(46-34(43)38-19-17-37(8)18-20-38)36(7,48-26(5)39)16-14-27(40)21-31(42)47-32/h10-13,15,24-25,27-30,32-33,40-41,44H,9,14,16-22H2,1-8H3/b13-12+,15-10+,23-11+/t24-,25+,27+,28-,29+,30-,32+,33+,35?,36+/m0/s1. The Morgan fingerprint density at radius 2 is 1.88 bits per heavy atom. The highest BCUT2D eigenvalue weighted by Gasteiger charge is 2.47. The van der Waals surface area contributed by atoms with E-state index in [0.717, 1.165) is 0 Å². The van der Waals surface area contributed by atoms with E-state index in [9.17, 15) is 29.7 Å². The molecule has 3 N–H and O–H groups in total. The molecule has 0 aliphatic carbocycles. The number of epoxide rings is 1. The number of piperazine rings is 1. The summed E-state index contributed by atoms with van der Waals surface area (Å²) in [5.41, 5.74) is -1.79. The van der Waals surface area contributed by atoms with Crippen molar-refractivity contribution < 1.29 is 48.7 Å². The monoisotopic (exact) mass is 678 g/mol. The van der Waals surface area contributed by atoms with Crippen molar-refractivity contribution in [3.63, 3.8) is 0 Å². The van der Waals surface area contributed by atoms with E-state index in [2.05, 4.69) is 4.90 Å². The lowest BCUT2D eigenvalue weighted by Gasteiger charge is -2.38. The zero-order valence-electron chi connectivity index (χ0n) is 30.0. The van der Waals surface area contributed by atoms with Crippen molar-refractivity contribution in [2.45, 2.75) is 128 Å². The molecule has 3 aliphatic heterocycles. The van der Waals surface area contributed by atoms with Crippen LogP contribution in [0.3, 0.4) is 0 Å². The van der Waals surface area contributed by atoms with Gasteiger partial charge in [0.05, 0.1) is 36.4 Å². The normalized spacial score (nSPS) is 34.2. The number of nitrogens with zero attached hydrogens (tertiary/aromatic N) is 2. The summed E-state index contributed by atoms with van der Waals surface area (Å²) >= 11 is 0. The van der Waals surface area contributed by atoms with Gasteiger partial charge < -0.3 is 44.1 Å². The van der Waals surface area contributed by atoms with Gasteiger partial charge in [0, 0.05) is 51.4 Å². The van der Waals surface area contributed by atoms with E-state index in [1.54, 1.807) is 49.1 Å². The van der Waals surface area contributed by atoms with Gasteiger partial charge in [0.25, 0.3) is 0 Å². The van der Waals surface area contributed by atoms with Crippen molar-refractivity contribution in [3.8, 4) is 0 Å². The third-order valence-electron chi connectivity index (χ3n) is 9.71. The van der Waals surface area contributed by atoms with Crippen LogP contribution in [-0.4, -0.2) is 124 Å². The van der Waals surface area contributed by atoms with E-state index in [0.29, 0.717) is 44.6 Å². The van der Waals surface area contributed by atoms with Gasteiger partial charge in [0.15, 0.2) is 6.10 Å². The summed E-state index contributed by atoms with van der Waals surface area (Å²) in [6, 6.07) is 0. The Kier molecular flexibility index (Phi) is 14.3. The topological polar surface area (TPSA) is 159 Å². The fourth-order valence-electron chi connectivity index (χ4n) is 6.40. The molecule has 0 radical (unpaired) electrons. The van der Waals surface area contributed by atoms with E-state index in [1.807, 2.05) is 34.7 Å². The number of hydrogen-bond donors (Lipinski definition) is 3. The SMILES string of the molecule is CC[C@H](O)[C@@H](C)[C@H]1O[C@@H]1CC(C)(O)/C=C/C=C(\C)[C@H]1OC(=O)C[C@H](O)CC[C@@](C)(OC(C)=O)[C@@H](OC(=O)N2CCN(C)CC2)/C=C/[C@@H]1C. The lowest BCUT2D eigenvalue weighted by atomic mass is 9.88. The lowest BCUT2D eigenvalue weighted by molar-refractivity contribution is -0.168. The van der Waals surface area contributed by atoms with Crippen LogP contribution in [0.2, 0.25) is 0 Å². The molecule has 1 unspecified atom stereocenters. The van der Waals surface area contributed by atoms with E-state index in [1.165, 1.54) is 6.92 Å². The molecule has 10 atom stereocenters. The summed E-state index contributed by atoms with van der Waals surface area (Å²) in [4.78, 5) is 42.2. The van der Waals surface area contributed by atoms with Gasteiger partial charge >= 0.3 is 18.0 Å². The fraction of sp³-hybridized carbons (Fsp3) is 0.750. The van der Waals surface area contributed by atoms with Crippen molar-refractivity contribution >= 4 is 18.0 Å². The number of cyclic esters (lactones) is 1. The number of likely N-dealkylation sites (N-methyl/N-ethyl adjacent to an activating group) is 1. The summed E-state index contributed by atoms with van der Waals surface area (Å²) in [6.45, 7) is 14.6. The van der Waals surface area contributed by atoms with Gasteiger partial charge in [0.1, 0.15) is 11.7 Å². The molecule has 1 amide bonds. The zero-order chi connectivity index (χ0) is 35.8. The second-order valence-corrected chi connectivity index (χ2v) is 14.4. The Bertz CT molecular complexity index is 1190. The van der Waals surface area contributed by atoms with Crippen LogP contribution in [0.25, 0.3) is 0 Å². The van der Waals surface area contributed by atoms with E-state index in [4.69, 9.17) is 18.9 Å². The number of esters is 2. The summed E-state index contributed by atoms with van der Waals surface area (Å²) in [6.07, 6.45) is 5.57. The van der Waals surface area contributed by atoms with Crippen LogP contribution in [0.4, 0.5) is 4.79 Å². The van der Waals surface area contributed by atoms with Crippen molar-refractivity contribution in [2.75, 3.05) is 33.2 Å². The molecule has 12 nitrogen and oxygen atoms in total. The minimum Gasteiger partial charge on any atom is -0.457 e. The van der Waals surface area contributed by atoms with Crippen LogP contribution < -0.4 is 0 Å². The second-order valence-electron chi connectivity index (χ2n) is 14.4. The number of carbonyl (C=O) groups is 3. The predicted octanol–water partition coefficient (Wildman–Crippen LogP) is 3.53. The molecule has 48 heavy (non-hydrogen) atoms. The third kappa shape index (κ3) is 11.7. The number of allylic oxidation sites excluding steroid dienone is 2. The minimum absolute atomic E-state index is 0.0208. The Morgan fingerprint density at radius 1 is 1.21 bits per heavy atom. The molecule has 0 bridgehead atoms. The summed E-state index contributed by atoms with van der Waals surface area (Å²) in [7, 11) is 1.99. The highest BCUT2D eigenvalue weighted by molar-refractivity contribution is 5.71. The molecule has 2 fully saturated rings. The maximum absolute atomic E-state index is 13.3. The molecule has 0 aromatic carbocycles. The van der Waals surface area contributed by atoms with Crippen molar-refractivity contribution in [1.82, 2.24) is 9.80 Å². The Morgan fingerprint density at radius 3 is 2.50 bits per heavy atom. The molecule has 12 heteroatoms. The van der Waals surface area contributed by atoms with Crippen LogP contribution in [0.15, 0.2) is 36.0 Å². The highest BCUT2D eigenvalue weighted by atomic mass is 16.6. The summed E-state index contributed by atoms with van der Waals surface area (Å²) < 4.78 is 23.4. The van der Waals surface area contributed by atoms with Gasteiger partial charge in [-0.15, -0.1) is 0 Å². The largest absolute Gasteiger partial charge is 0.457 e. The van der Waals surface area contributed by atoms with Gasteiger partial charge in [-0.3, -0.25) is 9.59 Å². The van der Waals surface area contributed by atoms with E-state index < -0.39 is 59.6 Å². The first-order valence-corrected chi connectivity index (χ1v) is 17.3. The number of aliphatic hydroxyl groups excluding tert-OH is 2. The molecule has 0 aromatic heterocycles. The van der Waals surface area contributed by atoms with Crippen LogP contribution in [0.5, 0.6) is 0 Å². The van der Waals surface area contributed by atoms with Crippen molar-refractivity contribution in [1.29, 1.82) is 0 Å². The second kappa shape index (κ2) is 17.2. The van der Waals surface area contributed by atoms with Gasteiger partial charge in [-0.25, -0.2) is 4.79 Å². The van der Waals surface area contributed by atoms with Crippen LogP contribution in [0, 0.1) is 11.8 Å². The first-order chi connectivity index (χ1) is 22.4. The number of carbonyl (C=O) groups excluding carboxylic acids is 3. The Balaban J connectivity index is 1.82. The van der Waals surface area contributed by atoms with Gasteiger partial charge in [-0.2, -0.15) is 0 Å². The van der Waals surface area contributed by atoms with Gasteiger partial charge in [-0.1, -0.05) is 45.1 Å². The number of ether oxygens (including phenoxy) is 4. The molecule has 272 valence electrons. The maximum Gasteiger partial charge on any atom is 0.410 e. The molecule has 0 spiro atoms. The predicted molar refractivity (Wildman–Crippen MR) is 180 cm³/mol. The number of rotatable bonds is 10. The molecular weight excluding hydrogens is 620 g/mol. The molecule has 2 saturated heterocycles. The number of hydrogen-bond acceptors (Lipinski definition) is 11. The minimum atomic E-state index is -1.31. The lowest BCUT2D eigenvalue weighted by Crippen LogP contribution is -2.51. The Hall–Kier alpha value is -2.77. The van der Waals surface area contributed by atoms with Gasteiger partial charge in [-0.05, 0) is 58.7 Å². The van der Waals surface area contributed by atoms with Crippen LogP contribution in [-0.2, 0) is 28.5 Å². The average molecular weight is 679 g/mol. The quantitative estimate of drug-likeness (QED) is 0.102. The van der Waals surface area contributed by atoms with E-state index >= 15 is 0 Å². The van der Waals surface area contributed by atoms with Crippen LogP contribution in [0.1, 0.15) is 80.6 Å². The van der Waals surface area contributed by atoms with Crippen LogP contribution >= 0.6 is 0 Å². The number of amides is 1. The molecule has 0 aromatic rings. The van der Waals surface area contributed by atoms with Crippen molar-refractivity contribution in [3.05, 3.63) is 36.0 Å². The first kappa shape index (κ1) is 39.7. The van der Waals surface area contributed by atoms with E-state index in [-0.39, 0.29) is 37.4 Å². The molecule has 3 aliphatic rings. The molecule has 3 rings (SSSR count). The third-order valence-corrected chi connectivity index (χ3v) is 9.71. The highest BCUT2D eigenvalue weighted by Crippen LogP contribution is 2.37. The molecule has 0 saturated carbocycles. The molecular formula is C36H58N2O10. The van der Waals surface area contributed by atoms with Gasteiger partial charge in [0.2, 0.25) is 0 Å². The number of aliphatic hydroxyl groups is 3. The fourth-order valence-corrected chi connectivity index (χ4v) is 6.40. The molecule has 3 heterocycles. The summed E-state index contributed by atoms with van der Waals surface area (Å²) in [5.74, 6) is -1.57.